The van der Waals surface area contributed by atoms with Gasteiger partial charge in [0.05, 0.1) is 0 Å². The van der Waals surface area contributed by atoms with Crippen molar-refractivity contribution >= 4 is 17.9 Å². The molecule has 0 bridgehead atoms. The Kier molecular flexibility index (Phi) is 20.8. The Labute approximate surface area is 380 Å². The Morgan fingerprint density at radius 3 is 1.43 bits per heavy atom. The van der Waals surface area contributed by atoms with E-state index in [1.807, 2.05) is 77.9 Å². The molecule has 0 amide bonds. The number of rotatable bonds is 18. The fraction of sp³-hybridized carbons (Fsp3) is 0.604. The van der Waals surface area contributed by atoms with Crippen molar-refractivity contribution in [2.24, 2.45) is 5.41 Å². The van der Waals surface area contributed by atoms with Crippen molar-refractivity contribution in [3.63, 3.8) is 0 Å². The first kappa shape index (κ1) is 51.5. The smallest absolute Gasteiger partial charge is 0.323 e. The first-order valence-corrected chi connectivity index (χ1v) is 23.5. The second kappa shape index (κ2) is 25.4. The molecule has 1 fully saturated rings. The predicted molar refractivity (Wildman–Crippen MR) is 254 cm³/mol. The van der Waals surface area contributed by atoms with Crippen molar-refractivity contribution in [3.8, 4) is 0 Å². The van der Waals surface area contributed by atoms with Crippen LogP contribution in [0.3, 0.4) is 0 Å². The van der Waals surface area contributed by atoms with E-state index in [2.05, 4.69) is 95.4 Å². The molecule has 3 aromatic carbocycles. The van der Waals surface area contributed by atoms with Gasteiger partial charge in [-0.1, -0.05) is 112 Å². The molecule has 1 aliphatic rings. The molecule has 0 aromatic heterocycles. The van der Waals surface area contributed by atoms with E-state index in [0.29, 0.717) is 45.2 Å². The van der Waals surface area contributed by atoms with Gasteiger partial charge in [-0.2, -0.15) is 0 Å². The zero-order valence-corrected chi connectivity index (χ0v) is 40.2. The van der Waals surface area contributed by atoms with Gasteiger partial charge in [0.25, 0.3) is 0 Å². The molecule has 1 saturated heterocycles. The van der Waals surface area contributed by atoms with Crippen molar-refractivity contribution in [2.75, 3.05) is 52.4 Å². The van der Waals surface area contributed by atoms with Gasteiger partial charge < -0.3 is 19.5 Å². The quantitative estimate of drug-likeness (QED) is 0.0986. The summed E-state index contributed by atoms with van der Waals surface area (Å²) in [5.41, 5.74) is 2.17. The summed E-state index contributed by atoms with van der Waals surface area (Å²) in [5, 5.41) is 3.70. The SMILES string of the molecule is CC(C)(C)OC(=O)C(CCC(=O)OCc1ccccc1)N1CCNCCN(C(CCCc2ccccc2)C(C)(C)C)CCN(C(CCCc2ccccc2)C(=O)OC(C)(C)C)CC1. The third kappa shape index (κ3) is 19.7. The molecule has 348 valence electrons. The number of carbonyl (C=O) groups is 3. The van der Waals surface area contributed by atoms with Crippen LogP contribution in [0.1, 0.15) is 118 Å². The number of benzene rings is 3. The van der Waals surface area contributed by atoms with E-state index < -0.39 is 23.3 Å². The first-order chi connectivity index (χ1) is 29.9. The van der Waals surface area contributed by atoms with Gasteiger partial charge in [-0.15, -0.1) is 0 Å². The zero-order chi connectivity index (χ0) is 45.9. The number of nitrogens with zero attached hydrogens (tertiary/aromatic N) is 3. The van der Waals surface area contributed by atoms with Crippen LogP contribution in [0.2, 0.25) is 0 Å². The van der Waals surface area contributed by atoms with Gasteiger partial charge in [0.15, 0.2) is 0 Å². The van der Waals surface area contributed by atoms with Crippen LogP contribution in [-0.2, 0) is 48.0 Å². The van der Waals surface area contributed by atoms with E-state index in [0.717, 1.165) is 57.3 Å². The number of nitrogens with one attached hydrogen (secondary N) is 1. The molecule has 0 spiro atoms. The minimum absolute atomic E-state index is 0.0263. The van der Waals surface area contributed by atoms with Crippen molar-refractivity contribution in [3.05, 3.63) is 108 Å². The molecule has 4 rings (SSSR count). The second-order valence-corrected chi connectivity index (χ2v) is 20.3. The summed E-state index contributed by atoms with van der Waals surface area (Å²) < 4.78 is 17.9. The maximum absolute atomic E-state index is 14.4. The number of carbonyl (C=O) groups excluding carboxylic acids is 3. The van der Waals surface area contributed by atoms with Crippen molar-refractivity contribution in [1.82, 2.24) is 20.0 Å². The van der Waals surface area contributed by atoms with Crippen LogP contribution in [0, 0.1) is 5.41 Å². The molecule has 3 atom stereocenters. The molecule has 63 heavy (non-hydrogen) atoms. The van der Waals surface area contributed by atoms with Crippen LogP contribution >= 0.6 is 0 Å². The fourth-order valence-corrected chi connectivity index (χ4v) is 8.51. The maximum Gasteiger partial charge on any atom is 0.323 e. The van der Waals surface area contributed by atoms with Crippen LogP contribution in [0.4, 0.5) is 0 Å². The summed E-state index contributed by atoms with van der Waals surface area (Å²) in [6.07, 6.45) is 5.80. The van der Waals surface area contributed by atoms with E-state index in [1.165, 1.54) is 11.1 Å². The van der Waals surface area contributed by atoms with Gasteiger partial charge in [0.2, 0.25) is 0 Å². The minimum Gasteiger partial charge on any atom is -0.461 e. The van der Waals surface area contributed by atoms with Crippen molar-refractivity contribution < 1.29 is 28.6 Å². The lowest BCUT2D eigenvalue weighted by molar-refractivity contribution is -0.165. The Hall–Kier alpha value is -4.09. The van der Waals surface area contributed by atoms with E-state index in [1.54, 1.807) is 0 Å². The molecular formula is C53H80N4O6. The molecule has 0 radical (unpaired) electrons. The van der Waals surface area contributed by atoms with Gasteiger partial charge in [0, 0.05) is 64.8 Å². The maximum atomic E-state index is 14.4. The Morgan fingerprint density at radius 2 is 0.952 bits per heavy atom. The fourth-order valence-electron chi connectivity index (χ4n) is 8.51. The molecular weight excluding hydrogens is 789 g/mol. The monoisotopic (exact) mass is 869 g/mol. The molecule has 0 saturated carbocycles. The average Bonchev–Trinajstić information content (AvgIpc) is 3.21. The second-order valence-electron chi connectivity index (χ2n) is 20.3. The largest absolute Gasteiger partial charge is 0.461 e. The highest BCUT2D eigenvalue weighted by Crippen LogP contribution is 2.29. The van der Waals surface area contributed by atoms with E-state index >= 15 is 0 Å². The lowest BCUT2D eigenvalue weighted by Gasteiger charge is -2.43. The Morgan fingerprint density at radius 1 is 0.540 bits per heavy atom. The molecule has 1 aliphatic heterocycles. The van der Waals surface area contributed by atoms with Crippen molar-refractivity contribution in [1.29, 1.82) is 0 Å². The highest BCUT2D eigenvalue weighted by molar-refractivity contribution is 5.78. The topological polar surface area (TPSA) is 101 Å². The van der Waals surface area contributed by atoms with Gasteiger partial charge >= 0.3 is 17.9 Å². The third-order valence-electron chi connectivity index (χ3n) is 11.6. The van der Waals surface area contributed by atoms with Crippen molar-refractivity contribution in [2.45, 2.75) is 150 Å². The third-order valence-corrected chi connectivity index (χ3v) is 11.6. The van der Waals surface area contributed by atoms with Gasteiger partial charge in [0.1, 0.15) is 29.9 Å². The van der Waals surface area contributed by atoms with Crippen LogP contribution in [-0.4, -0.2) is 114 Å². The first-order valence-electron chi connectivity index (χ1n) is 23.5. The van der Waals surface area contributed by atoms with Crippen LogP contribution in [0.25, 0.3) is 0 Å². The van der Waals surface area contributed by atoms with Gasteiger partial charge in [-0.25, -0.2) is 0 Å². The normalized spacial score (nSPS) is 17.1. The molecule has 10 nitrogen and oxygen atoms in total. The molecule has 0 aliphatic carbocycles. The summed E-state index contributed by atoms with van der Waals surface area (Å²) >= 11 is 0. The standard InChI is InChI=1S/C53H80N4O6/c1-51(2,3)47(30-20-28-43-23-15-11-16-24-43)57-36-34-54-33-35-55(46(50(60)63-53(7,8)9)31-32-48(58)61-41-44-25-17-12-18-26-44)37-38-56(39-40-57)45(49(59)62-52(4,5)6)29-19-27-42-21-13-10-14-22-42/h10-18,21-26,45-47,54H,19-20,27-41H2,1-9H3. The lowest BCUT2D eigenvalue weighted by atomic mass is 9.82. The van der Waals surface area contributed by atoms with E-state index in [9.17, 15) is 14.4 Å². The van der Waals surface area contributed by atoms with E-state index in [-0.39, 0.29) is 42.8 Å². The summed E-state index contributed by atoms with van der Waals surface area (Å²) in [6.45, 7) is 23.9. The van der Waals surface area contributed by atoms with Gasteiger partial charge in [-0.05, 0) is 109 Å². The molecule has 3 aromatic rings. The zero-order valence-electron chi connectivity index (χ0n) is 40.2. The number of aryl methyl sites for hydroxylation is 2. The Balaban J connectivity index is 1.64. The highest BCUT2D eigenvalue weighted by Gasteiger charge is 2.36. The van der Waals surface area contributed by atoms with Crippen LogP contribution in [0.5, 0.6) is 0 Å². The Bertz CT molecular complexity index is 1770. The lowest BCUT2D eigenvalue weighted by Crippen LogP contribution is -2.55. The molecule has 1 N–H and O–H groups in total. The molecule has 10 heteroatoms. The summed E-state index contributed by atoms with van der Waals surface area (Å²) in [6, 6.07) is 29.9. The number of hydrogen-bond donors (Lipinski definition) is 1. The summed E-state index contributed by atoms with van der Waals surface area (Å²) in [7, 11) is 0. The van der Waals surface area contributed by atoms with Gasteiger partial charge in [-0.3, -0.25) is 29.1 Å². The number of ether oxygens (including phenoxy) is 3. The summed E-state index contributed by atoms with van der Waals surface area (Å²) in [5.74, 6) is -0.942. The average molecular weight is 869 g/mol. The molecule has 1 heterocycles. The molecule has 3 unspecified atom stereocenters. The minimum atomic E-state index is -0.714. The van der Waals surface area contributed by atoms with Crippen LogP contribution < -0.4 is 5.32 Å². The number of esters is 3. The highest BCUT2D eigenvalue weighted by atomic mass is 16.6. The van der Waals surface area contributed by atoms with Crippen LogP contribution in [0.15, 0.2) is 91.0 Å². The van der Waals surface area contributed by atoms with E-state index in [4.69, 9.17) is 14.2 Å². The predicted octanol–water partition coefficient (Wildman–Crippen LogP) is 8.90. The summed E-state index contributed by atoms with van der Waals surface area (Å²) in [4.78, 5) is 48.8. The number of hydrogen-bond acceptors (Lipinski definition) is 10.